The Balaban J connectivity index is 1.52. The molecule has 6 heteroatoms. The Morgan fingerprint density at radius 2 is 2.29 bits per heavy atom. The third-order valence-electron chi connectivity index (χ3n) is 3.88. The molecule has 6 nitrogen and oxygen atoms in total. The molecule has 1 N–H and O–H groups in total. The van der Waals surface area contributed by atoms with Gasteiger partial charge in [-0.1, -0.05) is 6.07 Å². The highest BCUT2D eigenvalue weighted by Crippen LogP contribution is 2.19. The Morgan fingerprint density at radius 3 is 3.08 bits per heavy atom. The first-order chi connectivity index (χ1) is 11.8. The largest absolute Gasteiger partial charge is 0.437 e. The molecule has 0 saturated carbocycles. The fourth-order valence-electron chi connectivity index (χ4n) is 2.64. The molecule has 24 heavy (non-hydrogen) atoms. The summed E-state index contributed by atoms with van der Waals surface area (Å²) in [5.74, 6) is 0.832. The molecule has 1 atom stereocenters. The zero-order valence-corrected chi connectivity index (χ0v) is 13.5. The third-order valence-corrected chi connectivity index (χ3v) is 3.88. The van der Waals surface area contributed by atoms with Crippen LogP contribution in [0.5, 0.6) is 11.6 Å². The molecule has 0 unspecified atom stereocenters. The van der Waals surface area contributed by atoms with Gasteiger partial charge in [-0.25, -0.2) is 4.98 Å². The number of nitrogens with one attached hydrogen (secondary N) is 1. The monoisotopic (exact) mass is 327 g/mol. The van der Waals surface area contributed by atoms with Gasteiger partial charge in [-0.2, -0.15) is 0 Å². The maximum atomic E-state index is 12.3. The summed E-state index contributed by atoms with van der Waals surface area (Å²) in [6.45, 7) is 1.44. The van der Waals surface area contributed by atoms with Crippen molar-refractivity contribution in [2.45, 2.75) is 31.8 Å². The fourth-order valence-corrected chi connectivity index (χ4v) is 2.64. The molecule has 2 aromatic rings. The van der Waals surface area contributed by atoms with Crippen LogP contribution in [0.25, 0.3) is 0 Å². The lowest BCUT2D eigenvalue weighted by atomic mass is 10.1. The van der Waals surface area contributed by atoms with Gasteiger partial charge in [-0.3, -0.25) is 9.78 Å². The van der Waals surface area contributed by atoms with E-state index in [1.807, 2.05) is 0 Å². The Kier molecular flexibility index (Phi) is 5.74. The van der Waals surface area contributed by atoms with Crippen molar-refractivity contribution in [3.63, 3.8) is 0 Å². The first kappa shape index (κ1) is 16.4. The molecule has 2 heterocycles. The van der Waals surface area contributed by atoms with Gasteiger partial charge < -0.3 is 14.8 Å². The van der Waals surface area contributed by atoms with Crippen LogP contribution in [-0.2, 0) is 4.74 Å². The number of benzene rings is 1. The van der Waals surface area contributed by atoms with Crippen molar-refractivity contribution < 1.29 is 14.3 Å². The summed E-state index contributed by atoms with van der Waals surface area (Å²) in [4.78, 5) is 20.3. The van der Waals surface area contributed by atoms with E-state index in [1.165, 1.54) is 12.6 Å². The second kappa shape index (κ2) is 8.40. The molecule has 1 aromatic heterocycles. The van der Waals surface area contributed by atoms with Crippen molar-refractivity contribution >= 4 is 5.91 Å². The molecular weight excluding hydrogens is 306 g/mol. The lowest BCUT2D eigenvalue weighted by molar-refractivity contribution is 0.0117. The molecule has 0 bridgehead atoms. The number of carbonyl (C=O) groups excluding carboxylic acids is 1. The van der Waals surface area contributed by atoms with Crippen molar-refractivity contribution in [2.24, 2.45) is 0 Å². The molecule has 3 rings (SSSR count). The maximum absolute atomic E-state index is 12.3. The van der Waals surface area contributed by atoms with E-state index < -0.39 is 0 Å². The molecule has 1 fully saturated rings. The van der Waals surface area contributed by atoms with Crippen molar-refractivity contribution in [3.05, 3.63) is 48.4 Å². The lowest BCUT2D eigenvalue weighted by Crippen LogP contribution is -2.29. The molecule has 0 spiro atoms. The van der Waals surface area contributed by atoms with Crippen LogP contribution >= 0.6 is 0 Å². The van der Waals surface area contributed by atoms with Gasteiger partial charge in [-0.05, 0) is 43.9 Å². The average Bonchev–Trinajstić information content (AvgIpc) is 2.64. The summed E-state index contributed by atoms with van der Waals surface area (Å²) in [5.41, 5.74) is 0.556. The van der Waals surface area contributed by atoms with E-state index in [4.69, 9.17) is 9.47 Å². The van der Waals surface area contributed by atoms with Crippen LogP contribution in [0.4, 0.5) is 0 Å². The van der Waals surface area contributed by atoms with E-state index in [1.54, 1.807) is 36.7 Å². The smallest absolute Gasteiger partial charge is 0.251 e. The van der Waals surface area contributed by atoms with Gasteiger partial charge in [0.2, 0.25) is 5.88 Å². The van der Waals surface area contributed by atoms with Crippen LogP contribution in [0.3, 0.4) is 0 Å². The van der Waals surface area contributed by atoms with E-state index in [0.29, 0.717) is 23.7 Å². The summed E-state index contributed by atoms with van der Waals surface area (Å²) in [7, 11) is 0. The van der Waals surface area contributed by atoms with Crippen molar-refractivity contribution in [2.75, 3.05) is 13.2 Å². The standard InChI is InChI=1S/C18H21N3O3/c22-18(21-8-7-15-5-1-2-11-23-15)14-4-3-6-16(12-14)24-17-13-19-9-10-20-17/h3-4,6,9-10,12-13,15H,1-2,5,7-8,11H2,(H,21,22)/t15-/m1/s1. The molecule has 126 valence electrons. The highest BCUT2D eigenvalue weighted by molar-refractivity contribution is 5.94. The first-order valence-corrected chi connectivity index (χ1v) is 8.25. The topological polar surface area (TPSA) is 73.3 Å². The quantitative estimate of drug-likeness (QED) is 0.883. The molecule has 1 aromatic carbocycles. The number of hydrogen-bond acceptors (Lipinski definition) is 5. The number of ether oxygens (including phenoxy) is 2. The predicted octanol–water partition coefficient (Wildman–Crippen LogP) is 2.96. The fraction of sp³-hybridized carbons (Fsp3) is 0.389. The van der Waals surface area contributed by atoms with Crippen molar-refractivity contribution in [3.8, 4) is 11.6 Å². The highest BCUT2D eigenvalue weighted by Gasteiger charge is 2.14. The van der Waals surface area contributed by atoms with Crippen molar-refractivity contribution in [1.82, 2.24) is 15.3 Å². The van der Waals surface area contributed by atoms with Gasteiger partial charge in [0.1, 0.15) is 5.75 Å². The van der Waals surface area contributed by atoms with Crippen molar-refractivity contribution in [1.29, 1.82) is 0 Å². The van der Waals surface area contributed by atoms with Crippen LogP contribution in [0.1, 0.15) is 36.0 Å². The minimum absolute atomic E-state index is 0.115. The Hall–Kier alpha value is -2.47. The predicted molar refractivity (Wildman–Crippen MR) is 89.1 cm³/mol. The Labute approximate surface area is 141 Å². The summed E-state index contributed by atoms with van der Waals surface area (Å²) in [6.07, 6.45) is 9.20. The second-order valence-electron chi connectivity index (χ2n) is 5.71. The van der Waals surface area contributed by atoms with Crippen LogP contribution in [0, 0.1) is 0 Å². The lowest BCUT2D eigenvalue weighted by Gasteiger charge is -2.22. The van der Waals surface area contributed by atoms with Crippen LogP contribution in [0.15, 0.2) is 42.9 Å². The summed E-state index contributed by atoms with van der Waals surface area (Å²) < 4.78 is 11.3. The van der Waals surface area contributed by atoms with E-state index in [2.05, 4.69) is 15.3 Å². The number of rotatable bonds is 6. The van der Waals surface area contributed by atoms with Crippen LogP contribution < -0.4 is 10.1 Å². The molecule has 1 saturated heterocycles. The summed E-state index contributed by atoms with van der Waals surface area (Å²) in [5, 5.41) is 2.93. The third kappa shape index (κ3) is 4.76. The average molecular weight is 327 g/mol. The molecular formula is C18H21N3O3. The molecule has 1 amide bonds. The zero-order chi connectivity index (χ0) is 16.6. The van der Waals surface area contributed by atoms with Gasteiger partial charge in [0.25, 0.3) is 5.91 Å². The van der Waals surface area contributed by atoms with E-state index in [-0.39, 0.29) is 12.0 Å². The maximum Gasteiger partial charge on any atom is 0.251 e. The van der Waals surface area contributed by atoms with Gasteiger partial charge in [0.15, 0.2) is 0 Å². The normalized spacial score (nSPS) is 17.2. The van der Waals surface area contributed by atoms with Crippen LogP contribution in [0.2, 0.25) is 0 Å². The molecule has 1 aliphatic rings. The zero-order valence-electron chi connectivity index (χ0n) is 13.5. The molecule has 1 aliphatic heterocycles. The first-order valence-electron chi connectivity index (χ1n) is 8.25. The molecule has 0 radical (unpaired) electrons. The second-order valence-corrected chi connectivity index (χ2v) is 5.71. The molecule has 0 aliphatic carbocycles. The van der Waals surface area contributed by atoms with Gasteiger partial charge in [-0.15, -0.1) is 0 Å². The summed E-state index contributed by atoms with van der Waals surface area (Å²) in [6, 6.07) is 7.02. The number of amides is 1. The SMILES string of the molecule is O=C(NCC[C@H]1CCCCO1)c1cccc(Oc2cnccn2)c1. The number of aromatic nitrogens is 2. The van der Waals surface area contributed by atoms with E-state index in [0.717, 1.165) is 25.9 Å². The van der Waals surface area contributed by atoms with Gasteiger partial charge >= 0.3 is 0 Å². The number of nitrogens with zero attached hydrogens (tertiary/aromatic N) is 2. The highest BCUT2D eigenvalue weighted by atomic mass is 16.5. The summed E-state index contributed by atoms with van der Waals surface area (Å²) >= 11 is 0. The van der Waals surface area contributed by atoms with Gasteiger partial charge in [0, 0.05) is 31.1 Å². The Bertz CT molecular complexity index is 658. The van der Waals surface area contributed by atoms with E-state index >= 15 is 0 Å². The minimum Gasteiger partial charge on any atom is -0.437 e. The van der Waals surface area contributed by atoms with Crippen LogP contribution in [-0.4, -0.2) is 35.1 Å². The Morgan fingerprint density at radius 1 is 1.33 bits per heavy atom. The number of hydrogen-bond donors (Lipinski definition) is 1. The van der Waals surface area contributed by atoms with E-state index in [9.17, 15) is 4.79 Å². The number of carbonyl (C=O) groups is 1. The minimum atomic E-state index is -0.115. The van der Waals surface area contributed by atoms with Gasteiger partial charge in [0.05, 0.1) is 12.3 Å².